The fraction of sp³-hybridized carbons (Fsp3) is 0.208. The van der Waals surface area contributed by atoms with E-state index >= 15 is 0 Å². The van der Waals surface area contributed by atoms with Crippen molar-refractivity contribution in [3.05, 3.63) is 76.8 Å². The lowest BCUT2D eigenvalue weighted by molar-refractivity contribution is 0.102. The summed E-state index contributed by atoms with van der Waals surface area (Å²) in [7, 11) is 3.12. The molecule has 0 aliphatic heterocycles. The maximum absolute atomic E-state index is 12.8. The number of rotatable bonds is 9. The van der Waals surface area contributed by atoms with E-state index in [-0.39, 0.29) is 12.5 Å². The fourth-order valence-electron chi connectivity index (χ4n) is 2.97. The van der Waals surface area contributed by atoms with Crippen LogP contribution in [0.2, 0.25) is 5.02 Å². The lowest BCUT2D eigenvalue weighted by Gasteiger charge is -2.15. The first-order chi connectivity index (χ1) is 15.0. The molecule has 6 nitrogen and oxygen atoms in total. The smallest absolute Gasteiger partial charge is 0.255 e. The number of hydrogen-bond donors (Lipinski definition) is 1. The van der Waals surface area contributed by atoms with Gasteiger partial charge in [0.25, 0.3) is 5.91 Å². The number of hydrogen-bond acceptors (Lipinski definition) is 5. The van der Waals surface area contributed by atoms with Crippen molar-refractivity contribution in [1.29, 1.82) is 0 Å². The molecule has 0 radical (unpaired) electrons. The highest BCUT2D eigenvalue weighted by Gasteiger charge is 2.13. The van der Waals surface area contributed by atoms with E-state index < -0.39 is 0 Å². The van der Waals surface area contributed by atoms with Crippen LogP contribution in [-0.4, -0.2) is 26.7 Å². The van der Waals surface area contributed by atoms with Crippen LogP contribution in [0.1, 0.15) is 22.8 Å². The van der Waals surface area contributed by atoms with Gasteiger partial charge in [0.1, 0.15) is 18.1 Å². The molecule has 0 saturated carbocycles. The lowest BCUT2D eigenvalue weighted by Crippen LogP contribution is -2.13. The van der Waals surface area contributed by atoms with Crippen molar-refractivity contribution in [2.45, 2.75) is 13.5 Å². The minimum Gasteiger partial charge on any atom is -0.495 e. The van der Waals surface area contributed by atoms with Crippen LogP contribution in [0.25, 0.3) is 0 Å². The Labute approximate surface area is 186 Å². The van der Waals surface area contributed by atoms with Crippen molar-refractivity contribution in [3.63, 3.8) is 0 Å². The molecule has 1 amide bonds. The highest BCUT2D eigenvalue weighted by molar-refractivity contribution is 6.32. The summed E-state index contributed by atoms with van der Waals surface area (Å²) in [5.74, 6) is 2.15. The SMILES string of the molecule is CCOc1ccc(C(=O)Nc2ccc(OC)c(Cl)c2)cc1COc1ccccc1OC. The topological polar surface area (TPSA) is 66.0 Å². The minimum absolute atomic E-state index is 0.213. The summed E-state index contributed by atoms with van der Waals surface area (Å²) < 4.78 is 22.1. The molecule has 0 heterocycles. The molecule has 0 aliphatic rings. The number of methoxy groups -OCH3 is 2. The molecule has 1 N–H and O–H groups in total. The lowest BCUT2D eigenvalue weighted by atomic mass is 10.1. The first kappa shape index (κ1) is 22.3. The number of ether oxygens (including phenoxy) is 4. The number of benzene rings is 3. The third-order valence-electron chi connectivity index (χ3n) is 4.48. The van der Waals surface area contributed by atoms with Gasteiger partial charge in [-0.25, -0.2) is 0 Å². The minimum atomic E-state index is -0.275. The average molecular weight is 442 g/mol. The second-order valence-corrected chi connectivity index (χ2v) is 6.91. The third kappa shape index (κ3) is 5.61. The van der Waals surface area contributed by atoms with E-state index in [2.05, 4.69) is 5.32 Å². The van der Waals surface area contributed by atoms with Crippen LogP contribution in [0.15, 0.2) is 60.7 Å². The van der Waals surface area contributed by atoms with Crippen LogP contribution in [0.5, 0.6) is 23.0 Å². The monoisotopic (exact) mass is 441 g/mol. The van der Waals surface area contributed by atoms with Crippen LogP contribution in [0, 0.1) is 0 Å². The second-order valence-electron chi connectivity index (χ2n) is 6.50. The predicted molar refractivity (Wildman–Crippen MR) is 121 cm³/mol. The molecule has 0 aliphatic carbocycles. The van der Waals surface area contributed by atoms with Crippen molar-refractivity contribution < 1.29 is 23.7 Å². The largest absolute Gasteiger partial charge is 0.495 e. The number of amides is 1. The van der Waals surface area contributed by atoms with Crippen LogP contribution in [0.4, 0.5) is 5.69 Å². The van der Waals surface area contributed by atoms with Gasteiger partial charge in [0.2, 0.25) is 0 Å². The summed E-state index contributed by atoms with van der Waals surface area (Å²) >= 11 is 6.14. The molecular weight excluding hydrogens is 418 g/mol. The standard InChI is InChI=1S/C24H24ClNO5/c1-4-30-20-11-9-16(24(27)26-18-10-12-21(28-2)19(25)14-18)13-17(20)15-31-23-8-6-5-7-22(23)29-3/h5-14H,4,15H2,1-3H3,(H,26,27). The van der Waals surface area contributed by atoms with Crippen LogP contribution in [-0.2, 0) is 6.61 Å². The van der Waals surface area contributed by atoms with Crippen molar-refractivity contribution in [2.24, 2.45) is 0 Å². The molecule has 31 heavy (non-hydrogen) atoms. The Morgan fingerprint density at radius 3 is 2.26 bits per heavy atom. The molecule has 162 valence electrons. The summed E-state index contributed by atoms with van der Waals surface area (Å²) in [4.78, 5) is 12.8. The highest BCUT2D eigenvalue weighted by atomic mass is 35.5. The van der Waals surface area contributed by atoms with Crippen molar-refractivity contribution in [2.75, 3.05) is 26.1 Å². The van der Waals surface area contributed by atoms with Gasteiger partial charge < -0.3 is 24.3 Å². The quantitative estimate of drug-likeness (QED) is 0.469. The Morgan fingerprint density at radius 1 is 0.871 bits per heavy atom. The number of anilines is 1. The summed E-state index contributed by atoms with van der Waals surface area (Å²) in [5, 5.41) is 3.26. The van der Waals surface area contributed by atoms with Crippen LogP contribution >= 0.6 is 11.6 Å². The molecule has 3 aromatic carbocycles. The average Bonchev–Trinajstić information content (AvgIpc) is 2.78. The number of para-hydroxylation sites is 2. The van der Waals surface area contributed by atoms with Gasteiger partial charge in [-0.3, -0.25) is 4.79 Å². The molecule has 0 atom stereocenters. The Bertz CT molecular complexity index is 1050. The summed E-state index contributed by atoms with van der Waals surface area (Å²) in [5.41, 5.74) is 1.78. The van der Waals surface area contributed by atoms with Gasteiger partial charge in [-0.2, -0.15) is 0 Å². The van der Waals surface area contributed by atoms with E-state index in [1.807, 2.05) is 31.2 Å². The summed E-state index contributed by atoms with van der Waals surface area (Å²) in [6, 6.07) is 17.7. The molecular formula is C24H24ClNO5. The van der Waals surface area contributed by atoms with Crippen LogP contribution in [0.3, 0.4) is 0 Å². The Kier molecular flexibility index (Phi) is 7.62. The van der Waals surface area contributed by atoms with Gasteiger partial charge in [0, 0.05) is 16.8 Å². The predicted octanol–water partition coefficient (Wildman–Crippen LogP) is 5.59. The summed E-state index contributed by atoms with van der Waals surface area (Å²) in [6.45, 7) is 2.61. The molecule has 3 rings (SSSR count). The Balaban J connectivity index is 1.80. The normalized spacial score (nSPS) is 10.3. The number of carbonyl (C=O) groups excluding carboxylic acids is 1. The van der Waals surface area contributed by atoms with Gasteiger partial charge in [0.15, 0.2) is 11.5 Å². The summed E-state index contributed by atoms with van der Waals surface area (Å²) in [6.07, 6.45) is 0. The van der Waals surface area contributed by atoms with Gasteiger partial charge in [-0.05, 0) is 55.5 Å². The molecule has 7 heteroatoms. The van der Waals surface area contributed by atoms with E-state index in [1.54, 1.807) is 43.5 Å². The first-order valence-corrected chi connectivity index (χ1v) is 10.1. The number of carbonyl (C=O) groups is 1. The van der Waals surface area contributed by atoms with E-state index in [4.69, 9.17) is 30.5 Å². The Hall–Kier alpha value is -3.38. The van der Waals surface area contributed by atoms with Crippen molar-refractivity contribution >= 4 is 23.2 Å². The maximum atomic E-state index is 12.8. The van der Waals surface area contributed by atoms with Crippen molar-refractivity contribution in [3.8, 4) is 23.0 Å². The number of halogens is 1. The number of nitrogens with one attached hydrogen (secondary N) is 1. The first-order valence-electron chi connectivity index (χ1n) is 9.72. The van der Waals surface area contributed by atoms with Gasteiger partial charge in [-0.1, -0.05) is 23.7 Å². The molecule has 0 fully saturated rings. The van der Waals surface area contributed by atoms with Gasteiger partial charge in [0.05, 0.1) is 25.8 Å². The zero-order valence-corrected chi connectivity index (χ0v) is 18.4. The van der Waals surface area contributed by atoms with Gasteiger partial charge >= 0.3 is 0 Å². The zero-order chi connectivity index (χ0) is 22.2. The fourth-order valence-corrected chi connectivity index (χ4v) is 3.23. The molecule has 3 aromatic rings. The Morgan fingerprint density at radius 2 is 1.58 bits per heavy atom. The molecule has 0 unspecified atom stereocenters. The van der Waals surface area contributed by atoms with E-state index in [9.17, 15) is 4.79 Å². The van der Waals surface area contributed by atoms with E-state index in [0.29, 0.717) is 45.9 Å². The maximum Gasteiger partial charge on any atom is 0.255 e. The van der Waals surface area contributed by atoms with E-state index in [1.165, 1.54) is 7.11 Å². The molecule has 0 saturated heterocycles. The highest BCUT2D eigenvalue weighted by Crippen LogP contribution is 2.30. The molecule has 0 aromatic heterocycles. The molecule has 0 bridgehead atoms. The van der Waals surface area contributed by atoms with E-state index in [0.717, 1.165) is 5.56 Å². The molecule has 0 spiro atoms. The second kappa shape index (κ2) is 10.6. The van der Waals surface area contributed by atoms with Crippen LogP contribution < -0.4 is 24.3 Å². The van der Waals surface area contributed by atoms with Crippen molar-refractivity contribution in [1.82, 2.24) is 0 Å². The third-order valence-corrected chi connectivity index (χ3v) is 4.78. The van der Waals surface area contributed by atoms with Gasteiger partial charge in [-0.15, -0.1) is 0 Å². The zero-order valence-electron chi connectivity index (χ0n) is 17.6.